The normalized spacial score (nSPS) is 11.0. The lowest BCUT2D eigenvalue weighted by molar-refractivity contribution is 0.0956. The highest BCUT2D eigenvalue weighted by atomic mass is 79.9. The van der Waals surface area contributed by atoms with Crippen LogP contribution in [0, 0.1) is 6.92 Å². The molecule has 0 aliphatic rings. The molecule has 2 aromatic heterocycles. The van der Waals surface area contributed by atoms with Crippen LogP contribution >= 0.6 is 39.7 Å². The number of thiazole rings is 1. The zero-order valence-electron chi connectivity index (χ0n) is 16.9. The summed E-state index contributed by atoms with van der Waals surface area (Å²) in [5, 5.41) is 0.646. The third-order valence-corrected chi connectivity index (χ3v) is 6.35. The summed E-state index contributed by atoms with van der Waals surface area (Å²) in [6.07, 6.45) is 0. The highest BCUT2D eigenvalue weighted by molar-refractivity contribution is 9.10. The van der Waals surface area contributed by atoms with E-state index in [0.717, 1.165) is 35.4 Å². The van der Waals surface area contributed by atoms with E-state index < -0.39 is 0 Å². The van der Waals surface area contributed by atoms with E-state index in [0.29, 0.717) is 22.1 Å². The van der Waals surface area contributed by atoms with Crippen molar-refractivity contribution in [3.8, 4) is 5.75 Å². The number of amides is 1. The Morgan fingerprint density at radius 1 is 1.21 bits per heavy atom. The molecule has 0 saturated heterocycles. The molecule has 0 aliphatic carbocycles. The van der Waals surface area contributed by atoms with Crippen molar-refractivity contribution >= 4 is 60.9 Å². The molecule has 158 valence electrons. The molecule has 6 nitrogen and oxygen atoms in total. The number of hydrogen-bond donors (Lipinski definition) is 0. The van der Waals surface area contributed by atoms with Crippen LogP contribution in [-0.2, 0) is 0 Å². The molecule has 29 heavy (non-hydrogen) atoms. The summed E-state index contributed by atoms with van der Waals surface area (Å²) >= 11 is 4.77. The number of hydrogen-bond acceptors (Lipinski definition) is 6. The molecular weight excluding hydrogens is 478 g/mol. The number of aromatic nitrogens is 1. The predicted octanol–water partition coefficient (Wildman–Crippen LogP) is 5.38. The summed E-state index contributed by atoms with van der Waals surface area (Å²) in [6.45, 7) is 9.41. The van der Waals surface area contributed by atoms with Gasteiger partial charge in [-0.05, 0) is 59.7 Å². The fraction of sp³-hybridized carbons (Fsp3) is 0.400. The van der Waals surface area contributed by atoms with Crippen LogP contribution in [-0.4, -0.2) is 49.1 Å². The van der Waals surface area contributed by atoms with Crippen molar-refractivity contribution in [2.75, 3.05) is 38.2 Å². The number of benzene rings is 1. The van der Waals surface area contributed by atoms with Crippen molar-refractivity contribution in [3.05, 3.63) is 40.3 Å². The number of rotatable bonds is 8. The van der Waals surface area contributed by atoms with Crippen molar-refractivity contribution in [2.24, 2.45) is 0 Å². The first-order valence-electron chi connectivity index (χ1n) is 9.22. The number of aryl methyl sites for hydroxylation is 1. The molecular formula is C20H25BrClN3O3S. The van der Waals surface area contributed by atoms with Gasteiger partial charge < -0.3 is 14.1 Å². The van der Waals surface area contributed by atoms with E-state index in [1.807, 2.05) is 19.1 Å². The summed E-state index contributed by atoms with van der Waals surface area (Å²) < 4.78 is 12.5. The van der Waals surface area contributed by atoms with Crippen molar-refractivity contribution in [1.82, 2.24) is 9.88 Å². The van der Waals surface area contributed by atoms with Crippen molar-refractivity contribution in [2.45, 2.75) is 20.8 Å². The molecule has 9 heteroatoms. The fourth-order valence-electron chi connectivity index (χ4n) is 3.01. The molecule has 0 saturated carbocycles. The number of carbonyl (C=O) groups is 1. The quantitative estimate of drug-likeness (QED) is 0.414. The van der Waals surface area contributed by atoms with Gasteiger partial charge in [-0.1, -0.05) is 31.3 Å². The summed E-state index contributed by atoms with van der Waals surface area (Å²) in [6, 6.07) is 7.32. The number of anilines is 1. The smallest absolute Gasteiger partial charge is 0.295 e. The van der Waals surface area contributed by atoms with E-state index >= 15 is 0 Å². The number of methoxy groups -OCH3 is 1. The Labute approximate surface area is 189 Å². The Bertz CT molecular complexity index is 971. The second-order valence-electron chi connectivity index (χ2n) is 6.35. The maximum Gasteiger partial charge on any atom is 0.295 e. The van der Waals surface area contributed by atoms with Gasteiger partial charge in [-0.15, -0.1) is 12.4 Å². The number of nitrogens with zero attached hydrogens (tertiary/aromatic N) is 3. The van der Waals surface area contributed by atoms with Crippen LogP contribution in [0.25, 0.3) is 10.2 Å². The van der Waals surface area contributed by atoms with Crippen LogP contribution in [0.5, 0.6) is 5.75 Å². The van der Waals surface area contributed by atoms with Crippen LogP contribution in [0.2, 0.25) is 0 Å². The van der Waals surface area contributed by atoms with E-state index in [4.69, 9.17) is 14.1 Å². The molecule has 0 radical (unpaired) electrons. The molecule has 1 aromatic carbocycles. The van der Waals surface area contributed by atoms with Gasteiger partial charge in [0.1, 0.15) is 11.3 Å². The summed E-state index contributed by atoms with van der Waals surface area (Å²) in [5.41, 5.74) is 1.89. The second-order valence-corrected chi connectivity index (χ2v) is 8.11. The first-order chi connectivity index (χ1) is 13.5. The lowest BCUT2D eigenvalue weighted by Crippen LogP contribution is -2.38. The largest absolute Gasteiger partial charge is 0.494 e. The van der Waals surface area contributed by atoms with E-state index in [2.05, 4.69) is 34.7 Å². The Kier molecular flexibility index (Phi) is 8.51. The van der Waals surface area contributed by atoms with Crippen LogP contribution in [0.15, 0.2) is 33.4 Å². The summed E-state index contributed by atoms with van der Waals surface area (Å²) in [5.74, 6) is 0.794. The zero-order valence-corrected chi connectivity index (χ0v) is 20.1. The number of ether oxygens (including phenoxy) is 1. The maximum atomic E-state index is 13.2. The number of furan rings is 1. The van der Waals surface area contributed by atoms with Crippen LogP contribution in [0.4, 0.5) is 5.13 Å². The Hall–Kier alpha value is -1.61. The Morgan fingerprint density at radius 2 is 1.93 bits per heavy atom. The number of carbonyl (C=O) groups excluding carboxylic acids is 1. The van der Waals surface area contributed by atoms with Crippen molar-refractivity contribution in [1.29, 1.82) is 0 Å². The molecule has 0 spiro atoms. The Morgan fingerprint density at radius 3 is 2.52 bits per heavy atom. The highest BCUT2D eigenvalue weighted by Crippen LogP contribution is 2.37. The zero-order chi connectivity index (χ0) is 20.3. The molecule has 0 N–H and O–H groups in total. The average molecular weight is 503 g/mol. The minimum Gasteiger partial charge on any atom is -0.494 e. The average Bonchev–Trinajstić information content (AvgIpc) is 3.32. The topological polar surface area (TPSA) is 58.8 Å². The van der Waals surface area contributed by atoms with Gasteiger partial charge in [-0.3, -0.25) is 9.69 Å². The van der Waals surface area contributed by atoms with Crippen LogP contribution in [0.3, 0.4) is 0 Å². The molecule has 0 fully saturated rings. The minimum absolute atomic E-state index is 0. The van der Waals surface area contributed by atoms with Gasteiger partial charge in [0.15, 0.2) is 15.6 Å². The molecule has 2 heterocycles. The Balaban J connectivity index is 0.00000300. The van der Waals surface area contributed by atoms with Crippen LogP contribution in [0.1, 0.15) is 30.0 Å². The van der Waals surface area contributed by atoms with Gasteiger partial charge in [0.05, 0.1) is 11.8 Å². The number of likely N-dealkylation sites (N-methyl/N-ethyl adjacent to an activating group) is 1. The van der Waals surface area contributed by atoms with Gasteiger partial charge in [0.2, 0.25) is 0 Å². The molecule has 1 amide bonds. The van der Waals surface area contributed by atoms with Crippen LogP contribution < -0.4 is 9.64 Å². The van der Waals surface area contributed by atoms with Gasteiger partial charge in [-0.2, -0.15) is 0 Å². The van der Waals surface area contributed by atoms with Gasteiger partial charge in [0.25, 0.3) is 5.91 Å². The highest BCUT2D eigenvalue weighted by Gasteiger charge is 2.25. The third-order valence-electron chi connectivity index (χ3n) is 4.71. The second kappa shape index (κ2) is 10.4. The maximum absolute atomic E-state index is 13.2. The molecule has 3 aromatic rings. The SMILES string of the molecule is CCN(CC)CCN(C(=O)c1ccc(Br)o1)c1nc2c(OC)ccc(C)c2s1.Cl. The lowest BCUT2D eigenvalue weighted by atomic mass is 10.2. The number of halogens is 2. The minimum atomic E-state index is -0.200. The molecule has 0 aliphatic heterocycles. The van der Waals surface area contributed by atoms with Gasteiger partial charge in [-0.25, -0.2) is 4.98 Å². The lowest BCUT2D eigenvalue weighted by Gasteiger charge is -2.24. The number of fused-ring (bicyclic) bond motifs is 1. The van der Waals surface area contributed by atoms with Gasteiger partial charge in [0, 0.05) is 13.1 Å². The van der Waals surface area contributed by atoms with E-state index in [-0.39, 0.29) is 24.1 Å². The monoisotopic (exact) mass is 501 g/mol. The van der Waals surface area contributed by atoms with E-state index in [9.17, 15) is 4.79 Å². The molecule has 0 atom stereocenters. The predicted molar refractivity (Wildman–Crippen MR) is 124 cm³/mol. The molecule has 3 rings (SSSR count). The first kappa shape index (κ1) is 23.7. The molecule has 0 unspecified atom stereocenters. The fourth-order valence-corrected chi connectivity index (χ4v) is 4.39. The molecule has 0 bridgehead atoms. The van der Waals surface area contributed by atoms with E-state index in [1.54, 1.807) is 24.1 Å². The first-order valence-corrected chi connectivity index (χ1v) is 10.8. The third kappa shape index (κ3) is 5.12. The van der Waals surface area contributed by atoms with Gasteiger partial charge >= 0.3 is 0 Å². The summed E-state index contributed by atoms with van der Waals surface area (Å²) in [4.78, 5) is 21.9. The van der Waals surface area contributed by atoms with E-state index in [1.165, 1.54) is 11.3 Å². The summed E-state index contributed by atoms with van der Waals surface area (Å²) in [7, 11) is 1.63. The van der Waals surface area contributed by atoms with Crippen molar-refractivity contribution < 1.29 is 13.9 Å². The standard InChI is InChI=1S/C20H24BrN3O3S.ClH/c1-5-23(6-2)11-12-24(19(25)15-9-10-16(21)27-15)20-22-17-14(26-4)8-7-13(3)18(17)28-20;/h7-10H,5-6,11-12H2,1-4H3;1H. The van der Waals surface area contributed by atoms with Crippen molar-refractivity contribution in [3.63, 3.8) is 0 Å².